The lowest BCUT2D eigenvalue weighted by molar-refractivity contribution is -0.189. The number of ether oxygens (including phenoxy) is 3. The lowest BCUT2D eigenvalue weighted by atomic mass is 9.97. The molecule has 26 heavy (non-hydrogen) atoms. The highest BCUT2D eigenvalue weighted by Gasteiger charge is 2.61. The van der Waals surface area contributed by atoms with Crippen LogP contribution in [0.5, 0.6) is 0 Å². The van der Waals surface area contributed by atoms with E-state index in [-0.39, 0.29) is 0 Å². The quantitative estimate of drug-likeness (QED) is 0.674. The highest BCUT2D eigenvalue weighted by molar-refractivity contribution is 5.67. The molecule has 0 amide bonds. The van der Waals surface area contributed by atoms with E-state index in [0.717, 1.165) is 30.7 Å². The predicted octanol–water partition coefficient (Wildman–Crippen LogP) is -0.664. The Morgan fingerprint density at radius 2 is 2.15 bits per heavy atom. The van der Waals surface area contributed by atoms with Gasteiger partial charge in [0.2, 0.25) is 5.72 Å². The molecular weight excluding hydrogens is 353 g/mol. The molecule has 1 saturated heterocycles. The minimum absolute atomic E-state index is 0.416. The van der Waals surface area contributed by atoms with E-state index in [0.29, 0.717) is 0 Å². The van der Waals surface area contributed by atoms with Crippen LogP contribution in [0.1, 0.15) is 20.3 Å². The van der Waals surface area contributed by atoms with Crippen molar-refractivity contribution in [1.29, 1.82) is 5.26 Å². The van der Waals surface area contributed by atoms with Crippen LogP contribution in [0.25, 0.3) is 0 Å². The van der Waals surface area contributed by atoms with Gasteiger partial charge < -0.3 is 14.2 Å². The Balaban J connectivity index is 2.54. The number of halogens is 1. The van der Waals surface area contributed by atoms with Gasteiger partial charge in [0, 0.05) is 26.1 Å². The summed E-state index contributed by atoms with van der Waals surface area (Å²) in [5.41, 5.74) is -5.73. The number of hydrogen-bond acceptors (Lipinski definition) is 8. The lowest BCUT2D eigenvalue weighted by Crippen LogP contribution is -2.50. The Labute approximate surface area is 146 Å². The molecule has 1 N–H and O–H groups in total. The van der Waals surface area contributed by atoms with Crippen LogP contribution in [0.3, 0.4) is 0 Å². The van der Waals surface area contributed by atoms with Gasteiger partial charge in [0.05, 0.1) is 6.42 Å². The molecule has 0 bridgehead atoms. The topological polar surface area (TPSA) is 140 Å². The number of carbonyl (C=O) groups is 2. The van der Waals surface area contributed by atoms with Crippen molar-refractivity contribution in [3.63, 3.8) is 0 Å². The van der Waals surface area contributed by atoms with Gasteiger partial charge >= 0.3 is 17.6 Å². The van der Waals surface area contributed by atoms with E-state index in [1.54, 1.807) is 6.07 Å². The van der Waals surface area contributed by atoms with Crippen molar-refractivity contribution in [2.45, 2.75) is 37.7 Å². The summed E-state index contributed by atoms with van der Waals surface area (Å²) in [6.45, 7) is 0.261. The van der Waals surface area contributed by atoms with Crippen molar-refractivity contribution in [2.24, 2.45) is 0 Å². The van der Waals surface area contributed by atoms with E-state index in [2.05, 4.69) is 0 Å². The number of rotatable bonds is 5. The first kappa shape index (κ1) is 19.3. The summed E-state index contributed by atoms with van der Waals surface area (Å²) in [6, 6.07) is 2.73. The van der Waals surface area contributed by atoms with Gasteiger partial charge in [0.1, 0.15) is 25.5 Å². The molecule has 10 nitrogen and oxygen atoms in total. The molecule has 0 saturated carbocycles. The van der Waals surface area contributed by atoms with E-state index < -0.39 is 60.3 Å². The van der Waals surface area contributed by atoms with Crippen molar-refractivity contribution in [3.8, 4) is 6.07 Å². The first-order valence-electron chi connectivity index (χ1n) is 7.48. The summed E-state index contributed by atoms with van der Waals surface area (Å²) in [4.78, 5) is 47.8. The van der Waals surface area contributed by atoms with Crippen LogP contribution in [0.15, 0.2) is 21.9 Å². The minimum Gasteiger partial charge on any atom is -0.463 e. The monoisotopic (exact) mass is 369 g/mol. The zero-order valence-electron chi connectivity index (χ0n) is 14.0. The van der Waals surface area contributed by atoms with Crippen molar-refractivity contribution < 1.29 is 28.2 Å². The van der Waals surface area contributed by atoms with Gasteiger partial charge in [0.15, 0.2) is 5.60 Å². The first-order chi connectivity index (χ1) is 12.2. The molecule has 140 valence electrons. The summed E-state index contributed by atoms with van der Waals surface area (Å²) in [6.07, 6.45) is -0.724. The maximum absolute atomic E-state index is 13.9. The summed E-state index contributed by atoms with van der Waals surface area (Å²) in [5, 5.41) is 9.62. The Hall–Kier alpha value is -3.00. The second-order valence-corrected chi connectivity index (χ2v) is 5.76. The maximum Gasteiger partial charge on any atom is 0.331 e. The number of hydrogen-bond donors (Lipinski definition) is 1. The predicted molar refractivity (Wildman–Crippen MR) is 81.5 cm³/mol. The normalized spacial score (nSPS) is 27.5. The number of nitrogens with one attached hydrogen (secondary N) is 1. The van der Waals surface area contributed by atoms with Gasteiger partial charge in [-0.25, -0.2) is 9.18 Å². The summed E-state index contributed by atoms with van der Waals surface area (Å²) in [7, 11) is 0. The van der Waals surface area contributed by atoms with Crippen molar-refractivity contribution in [2.75, 3.05) is 13.3 Å². The third-order valence-electron chi connectivity index (χ3n) is 3.86. The molecule has 1 fully saturated rings. The third-order valence-corrected chi connectivity index (χ3v) is 3.86. The van der Waals surface area contributed by atoms with Gasteiger partial charge in [-0.3, -0.25) is 23.9 Å². The van der Waals surface area contributed by atoms with Crippen LogP contribution in [-0.2, 0) is 29.5 Å². The molecule has 3 atom stereocenters. The van der Waals surface area contributed by atoms with Crippen LogP contribution in [0.4, 0.5) is 4.39 Å². The lowest BCUT2D eigenvalue weighted by Gasteiger charge is -2.31. The van der Waals surface area contributed by atoms with E-state index >= 15 is 0 Å². The van der Waals surface area contributed by atoms with E-state index in [1.807, 2.05) is 4.98 Å². The van der Waals surface area contributed by atoms with Crippen molar-refractivity contribution in [1.82, 2.24) is 9.55 Å². The number of aromatic amines is 1. The van der Waals surface area contributed by atoms with E-state index in [9.17, 15) is 28.8 Å². The molecule has 0 aliphatic carbocycles. The van der Waals surface area contributed by atoms with Crippen LogP contribution in [0.2, 0.25) is 0 Å². The summed E-state index contributed by atoms with van der Waals surface area (Å²) in [5.74, 6) is -1.51. The summed E-state index contributed by atoms with van der Waals surface area (Å²) >= 11 is 0. The third kappa shape index (κ3) is 3.50. The Kier molecular flexibility index (Phi) is 5.27. The second kappa shape index (κ2) is 7.09. The fourth-order valence-electron chi connectivity index (χ4n) is 2.70. The Morgan fingerprint density at radius 1 is 1.46 bits per heavy atom. The molecule has 1 aromatic rings. The molecule has 0 aromatic carbocycles. The number of aromatic nitrogens is 2. The smallest absolute Gasteiger partial charge is 0.331 e. The molecule has 1 aliphatic rings. The van der Waals surface area contributed by atoms with Gasteiger partial charge in [-0.1, -0.05) is 0 Å². The average molecular weight is 369 g/mol. The van der Waals surface area contributed by atoms with Gasteiger partial charge in [0.25, 0.3) is 5.56 Å². The fraction of sp³-hybridized carbons (Fsp3) is 0.533. The molecule has 11 heteroatoms. The fourth-order valence-corrected chi connectivity index (χ4v) is 2.70. The SMILES string of the molecule is CC(=O)OC[C@@]1(CF)O[C@@](C#N)(n2ccc(=O)[nH]c2=O)C[C@@H]1OC(C)=O. The van der Waals surface area contributed by atoms with Gasteiger partial charge in [-0.05, 0) is 0 Å². The van der Waals surface area contributed by atoms with Crippen LogP contribution in [0, 0.1) is 11.3 Å². The number of carbonyl (C=O) groups excluding carboxylic acids is 2. The highest BCUT2D eigenvalue weighted by atomic mass is 19.1. The molecular formula is C15H16FN3O7. The molecule has 1 aliphatic heterocycles. The average Bonchev–Trinajstić information content (AvgIpc) is 2.87. The number of esters is 2. The Bertz CT molecular complexity index is 873. The Morgan fingerprint density at radius 3 is 2.65 bits per heavy atom. The number of nitrogens with zero attached hydrogens (tertiary/aromatic N) is 2. The highest BCUT2D eigenvalue weighted by Crippen LogP contribution is 2.43. The molecule has 0 unspecified atom stereocenters. The molecule has 2 rings (SSSR count). The first-order valence-corrected chi connectivity index (χ1v) is 7.48. The maximum atomic E-state index is 13.9. The molecule has 1 aromatic heterocycles. The van der Waals surface area contributed by atoms with Crippen LogP contribution < -0.4 is 11.2 Å². The zero-order chi connectivity index (χ0) is 19.5. The number of alkyl halides is 1. The van der Waals surface area contributed by atoms with Gasteiger partial charge in [-0.15, -0.1) is 0 Å². The number of H-pyrrole nitrogens is 1. The number of nitriles is 1. The minimum atomic E-state index is -2.08. The standard InChI is InChI=1S/C15H16FN3O7/c1-9(20)24-8-14(6-16)11(25-10(2)21)5-15(7-17,26-14)19-4-3-12(22)18-13(19)23/h3-4,11H,5-6,8H2,1-2H3,(H,18,22,23)/t11-,14+,15-/m0/s1. The molecule has 2 heterocycles. The van der Waals surface area contributed by atoms with E-state index in [1.165, 1.54) is 0 Å². The van der Waals surface area contributed by atoms with Crippen LogP contribution in [-0.4, -0.2) is 46.5 Å². The molecule has 0 radical (unpaired) electrons. The summed E-state index contributed by atoms with van der Waals surface area (Å²) < 4.78 is 30.1. The van der Waals surface area contributed by atoms with Crippen molar-refractivity contribution >= 4 is 11.9 Å². The van der Waals surface area contributed by atoms with Gasteiger partial charge in [-0.2, -0.15) is 5.26 Å². The van der Waals surface area contributed by atoms with Crippen LogP contribution >= 0.6 is 0 Å². The van der Waals surface area contributed by atoms with Crippen molar-refractivity contribution in [3.05, 3.63) is 33.1 Å². The molecule has 0 spiro atoms. The largest absolute Gasteiger partial charge is 0.463 e. The zero-order valence-corrected chi connectivity index (χ0v) is 14.0. The van der Waals surface area contributed by atoms with E-state index in [4.69, 9.17) is 14.2 Å². The second-order valence-electron chi connectivity index (χ2n) is 5.76.